The van der Waals surface area contributed by atoms with Gasteiger partial charge in [0.1, 0.15) is 17.6 Å². The number of benzene rings is 1. The molecule has 0 bridgehead atoms. The zero-order valence-electron chi connectivity index (χ0n) is 11.5. The van der Waals surface area contributed by atoms with Crippen LogP contribution in [-0.2, 0) is 0 Å². The van der Waals surface area contributed by atoms with Gasteiger partial charge in [0.25, 0.3) is 0 Å². The first-order chi connectivity index (χ1) is 10.5. The van der Waals surface area contributed by atoms with E-state index in [1.54, 1.807) is 30.7 Å². The summed E-state index contributed by atoms with van der Waals surface area (Å²) in [5.74, 6) is 0.594. The Bertz CT molecular complexity index is 716. The Labute approximate surface area is 138 Å². The van der Waals surface area contributed by atoms with Crippen LogP contribution in [0.3, 0.4) is 0 Å². The van der Waals surface area contributed by atoms with E-state index in [-0.39, 0.29) is 16.9 Å². The van der Waals surface area contributed by atoms with Gasteiger partial charge in [0, 0.05) is 26.7 Å². The molecule has 1 aromatic carbocycles. The number of rotatable bonds is 3. The fourth-order valence-electron chi connectivity index (χ4n) is 2.51. The summed E-state index contributed by atoms with van der Waals surface area (Å²) in [6.45, 7) is 0. The second-order valence-corrected chi connectivity index (χ2v) is 6.59. The van der Waals surface area contributed by atoms with Crippen molar-refractivity contribution >= 4 is 27.7 Å². The van der Waals surface area contributed by atoms with Crippen molar-refractivity contribution in [1.29, 1.82) is 0 Å². The predicted octanol–water partition coefficient (Wildman–Crippen LogP) is 4.75. The highest BCUT2D eigenvalue weighted by atomic mass is 79.9. The van der Waals surface area contributed by atoms with Gasteiger partial charge in [-0.2, -0.15) is 0 Å². The topological polar surface area (TPSA) is 42.4 Å². The number of hydrogen-bond acceptors (Lipinski definition) is 4. The molecule has 1 heterocycles. The standard InChI is InChI=1S/C15H12BrF2NO2S/c1-22-10-3-2-9(21-8-4-7(16)5-19-6-8)11-12(10)15(20)14(18)13(11)17/h2-6,13-15,20H,1H3. The van der Waals surface area contributed by atoms with Gasteiger partial charge < -0.3 is 9.84 Å². The minimum absolute atomic E-state index is 0.0758. The predicted molar refractivity (Wildman–Crippen MR) is 83.9 cm³/mol. The van der Waals surface area contributed by atoms with Crippen LogP contribution in [0.25, 0.3) is 0 Å². The highest BCUT2D eigenvalue weighted by molar-refractivity contribution is 9.10. The maximum Gasteiger partial charge on any atom is 0.165 e. The average Bonchev–Trinajstić information content (AvgIpc) is 2.73. The third kappa shape index (κ3) is 2.61. The second-order valence-electron chi connectivity index (χ2n) is 4.83. The van der Waals surface area contributed by atoms with Crippen molar-refractivity contribution in [2.75, 3.05) is 6.26 Å². The molecule has 7 heteroatoms. The van der Waals surface area contributed by atoms with Gasteiger partial charge in [-0.25, -0.2) is 8.78 Å². The number of fused-ring (bicyclic) bond motifs is 1. The largest absolute Gasteiger partial charge is 0.455 e. The Balaban J connectivity index is 2.07. The number of alkyl halides is 2. The van der Waals surface area contributed by atoms with Gasteiger partial charge in [0.2, 0.25) is 0 Å². The SMILES string of the molecule is CSc1ccc(Oc2cncc(Br)c2)c2c1C(O)C(F)C2F. The molecule has 1 aliphatic rings. The number of pyridine rings is 1. The summed E-state index contributed by atoms with van der Waals surface area (Å²) >= 11 is 4.60. The number of thioether (sulfide) groups is 1. The van der Waals surface area contributed by atoms with Crippen molar-refractivity contribution < 1.29 is 18.6 Å². The summed E-state index contributed by atoms with van der Waals surface area (Å²) in [7, 11) is 0. The van der Waals surface area contributed by atoms with Gasteiger partial charge in [-0.05, 0) is 40.4 Å². The van der Waals surface area contributed by atoms with E-state index in [4.69, 9.17) is 4.74 Å². The highest BCUT2D eigenvalue weighted by Crippen LogP contribution is 2.51. The average molecular weight is 388 g/mol. The van der Waals surface area contributed by atoms with E-state index in [0.717, 1.165) is 0 Å². The summed E-state index contributed by atoms with van der Waals surface area (Å²) in [6.07, 6.45) is -0.506. The molecule has 0 saturated carbocycles. The molecule has 1 N–H and O–H groups in total. The molecule has 0 amide bonds. The van der Waals surface area contributed by atoms with E-state index in [2.05, 4.69) is 20.9 Å². The third-order valence-electron chi connectivity index (χ3n) is 3.49. The van der Waals surface area contributed by atoms with E-state index < -0.39 is 18.4 Å². The van der Waals surface area contributed by atoms with Crippen molar-refractivity contribution in [2.24, 2.45) is 0 Å². The number of aliphatic hydroxyl groups is 1. The van der Waals surface area contributed by atoms with Crippen LogP contribution in [-0.4, -0.2) is 22.5 Å². The maximum absolute atomic E-state index is 14.3. The van der Waals surface area contributed by atoms with Crippen molar-refractivity contribution in [3.05, 3.63) is 46.2 Å². The Morgan fingerprint density at radius 3 is 2.73 bits per heavy atom. The molecule has 3 nitrogen and oxygen atoms in total. The minimum Gasteiger partial charge on any atom is -0.455 e. The molecule has 116 valence electrons. The molecule has 3 unspecified atom stereocenters. The van der Waals surface area contributed by atoms with Crippen molar-refractivity contribution in [3.63, 3.8) is 0 Å². The van der Waals surface area contributed by atoms with Gasteiger partial charge in [-0.3, -0.25) is 4.98 Å². The Hall–Kier alpha value is -1.18. The quantitative estimate of drug-likeness (QED) is 0.771. The monoisotopic (exact) mass is 387 g/mol. The first-order valence-electron chi connectivity index (χ1n) is 6.48. The molecular weight excluding hydrogens is 376 g/mol. The van der Waals surface area contributed by atoms with Crippen LogP contribution in [0.1, 0.15) is 23.4 Å². The molecule has 1 aliphatic carbocycles. The molecule has 0 saturated heterocycles. The van der Waals surface area contributed by atoms with Crippen LogP contribution in [0.15, 0.2) is 40.0 Å². The van der Waals surface area contributed by atoms with Crippen molar-refractivity contribution in [2.45, 2.75) is 23.3 Å². The van der Waals surface area contributed by atoms with Crippen molar-refractivity contribution in [1.82, 2.24) is 4.98 Å². The molecule has 2 aromatic rings. The van der Waals surface area contributed by atoms with Crippen LogP contribution in [0.4, 0.5) is 8.78 Å². The summed E-state index contributed by atoms with van der Waals surface area (Å²) in [4.78, 5) is 4.61. The lowest BCUT2D eigenvalue weighted by molar-refractivity contribution is 0.0455. The van der Waals surface area contributed by atoms with Gasteiger partial charge in [0.15, 0.2) is 12.3 Å². The van der Waals surface area contributed by atoms with Gasteiger partial charge in [-0.1, -0.05) is 0 Å². The summed E-state index contributed by atoms with van der Waals surface area (Å²) < 4.78 is 34.5. The molecule has 1 aromatic heterocycles. The number of ether oxygens (including phenoxy) is 1. The molecule has 3 atom stereocenters. The van der Waals surface area contributed by atoms with Crippen LogP contribution < -0.4 is 4.74 Å². The number of hydrogen-bond donors (Lipinski definition) is 1. The van der Waals surface area contributed by atoms with E-state index >= 15 is 0 Å². The lowest BCUT2D eigenvalue weighted by Gasteiger charge is -2.14. The second kappa shape index (κ2) is 6.14. The smallest absolute Gasteiger partial charge is 0.165 e. The first kappa shape index (κ1) is 15.7. The molecular formula is C15H12BrF2NO2S. The maximum atomic E-state index is 14.3. The van der Waals surface area contributed by atoms with Gasteiger partial charge in [-0.15, -0.1) is 11.8 Å². The normalized spacial score (nSPS) is 23.4. The highest BCUT2D eigenvalue weighted by Gasteiger charge is 2.44. The number of nitrogens with zero attached hydrogens (tertiary/aromatic N) is 1. The van der Waals surface area contributed by atoms with E-state index in [0.29, 0.717) is 15.1 Å². The number of aliphatic hydroxyl groups excluding tert-OH is 1. The summed E-state index contributed by atoms with van der Waals surface area (Å²) in [5.41, 5.74) is 0.347. The summed E-state index contributed by atoms with van der Waals surface area (Å²) in [5, 5.41) is 9.96. The van der Waals surface area contributed by atoms with Crippen LogP contribution in [0, 0.1) is 0 Å². The van der Waals surface area contributed by atoms with Crippen LogP contribution in [0.2, 0.25) is 0 Å². The molecule has 3 rings (SSSR count). The Morgan fingerprint density at radius 2 is 2.05 bits per heavy atom. The number of aromatic nitrogens is 1. The Morgan fingerprint density at radius 1 is 1.27 bits per heavy atom. The molecule has 0 spiro atoms. The molecule has 0 radical (unpaired) electrons. The zero-order valence-corrected chi connectivity index (χ0v) is 13.9. The molecule has 0 aliphatic heterocycles. The van der Waals surface area contributed by atoms with E-state index in [9.17, 15) is 13.9 Å². The van der Waals surface area contributed by atoms with Gasteiger partial charge >= 0.3 is 0 Å². The fraction of sp³-hybridized carbons (Fsp3) is 0.267. The lowest BCUT2D eigenvalue weighted by Crippen LogP contribution is -2.09. The minimum atomic E-state index is -1.98. The Kier molecular flexibility index (Phi) is 4.38. The lowest BCUT2D eigenvalue weighted by atomic mass is 10.1. The van der Waals surface area contributed by atoms with Gasteiger partial charge in [0.05, 0.1) is 6.20 Å². The number of halogens is 3. The van der Waals surface area contributed by atoms with Crippen LogP contribution in [0.5, 0.6) is 11.5 Å². The molecule has 0 fully saturated rings. The first-order valence-corrected chi connectivity index (χ1v) is 8.50. The van der Waals surface area contributed by atoms with Crippen molar-refractivity contribution in [3.8, 4) is 11.5 Å². The summed E-state index contributed by atoms with van der Waals surface area (Å²) in [6, 6.07) is 4.95. The third-order valence-corrected chi connectivity index (χ3v) is 4.72. The van der Waals surface area contributed by atoms with Crippen LogP contribution >= 0.6 is 27.7 Å². The molecule has 22 heavy (non-hydrogen) atoms. The van der Waals surface area contributed by atoms with E-state index in [1.165, 1.54) is 18.0 Å². The zero-order chi connectivity index (χ0) is 15.9. The fourth-order valence-corrected chi connectivity index (χ4v) is 3.51. The van der Waals surface area contributed by atoms with E-state index in [1.807, 2.05) is 0 Å².